The van der Waals surface area contributed by atoms with Crippen LogP contribution in [0, 0.1) is 5.41 Å². The summed E-state index contributed by atoms with van der Waals surface area (Å²) >= 11 is 0.999. The fourth-order valence-electron chi connectivity index (χ4n) is 5.03. The van der Waals surface area contributed by atoms with E-state index in [0.717, 1.165) is 35.1 Å². The Hall–Kier alpha value is -3.49. The van der Waals surface area contributed by atoms with Crippen molar-refractivity contribution in [2.24, 2.45) is 5.41 Å². The predicted molar refractivity (Wildman–Crippen MR) is 207 cm³/mol. The smallest absolute Gasteiger partial charge is 0.478 e. The molecule has 0 aliphatic carbocycles. The molecule has 7 atom stereocenters. The van der Waals surface area contributed by atoms with E-state index in [1.54, 1.807) is 12.2 Å². The zero-order valence-corrected chi connectivity index (χ0v) is 35.4. The molecule has 0 spiro atoms. The van der Waals surface area contributed by atoms with Crippen molar-refractivity contribution in [3.8, 4) is 0 Å². The van der Waals surface area contributed by atoms with Crippen LogP contribution in [-0.2, 0) is 55.5 Å². The van der Waals surface area contributed by atoms with Gasteiger partial charge in [0.05, 0.1) is 19.5 Å². The SMILES string of the molecule is CC(C)(COP(=O)(O)OP(=O)(O)OCC1OC(n2cnc3c(N)ncnc32)C(O)C1OP(=O)(O)O)C(O)C(=O)NCCC(=O)NCCSC(=O)C/C=C/CC/C=C/C(=O)O. The number of carbonyl (C=O) groups excluding carboxylic acids is 3. The van der Waals surface area contributed by atoms with E-state index < -0.39 is 90.5 Å². The lowest BCUT2D eigenvalue weighted by molar-refractivity contribution is -0.137. The van der Waals surface area contributed by atoms with Crippen molar-refractivity contribution in [3.05, 3.63) is 37.0 Å². The minimum atomic E-state index is -5.59. The first-order chi connectivity index (χ1) is 27.9. The zero-order chi connectivity index (χ0) is 44.9. The summed E-state index contributed by atoms with van der Waals surface area (Å²) in [5, 5.41) is 34.7. The van der Waals surface area contributed by atoms with Crippen molar-refractivity contribution in [1.82, 2.24) is 30.2 Å². The van der Waals surface area contributed by atoms with E-state index in [-0.39, 0.29) is 53.8 Å². The van der Waals surface area contributed by atoms with E-state index in [1.807, 2.05) is 0 Å². The Morgan fingerprint density at radius 1 is 1.02 bits per heavy atom. The fourth-order valence-corrected chi connectivity index (χ4v) is 8.50. The number of phosphoric acid groups is 3. The Morgan fingerprint density at radius 2 is 1.70 bits per heavy atom. The molecular formula is C30H46N7O19P3S. The molecule has 1 fully saturated rings. The number of nitrogens with zero attached hydrogens (tertiary/aromatic N) is 4. The average molecular weight is 934 g/mol. The van der Waals surface area contributed by atoms with Crippen LogP contribution in [-0.4, -0.2) is 134 Å². The standard InChI is InChI=1S/C30H46N7O19P3S/c1-30(2,25(43)28(44)33-11-10-19(38)32-12-13-60-21(41)9-7-5-3-4-6-8-20(39)40)15-53-59(50,51)56-58(48,49)52-14-18-24(55-57(45,46)47)23(42)29(54-18)37-17-36-22-26(31)34-16-35-27(22)37/h5-8,16-18,23-25,29,42-43H,3-4,9-15H2,1-2H3,(H,32,38)(H,33,44)(H,39,40)(H,48,49)(H,50,51)(H2,31,34,35)(H2,45,46,47)/b7-5+,8-6+. The largest absolute Gasteiger partial charge is 0.481 e. The zero-order valence-electron chi connectivity index (χ0n) is 31.9. The number of amides is 2. The molecule has 1 aliphatic heterocycles. The first-order valence-corrected chi connectivity index (χ1v) is 23.0. The maximum absolute atomic E-state index is 12.7. The molecule has 2 amide bonds. The topological polar surface area (TPSA) is 401 Å². The summed E-state index contributed by atoms with van der Waals surface area (Å²) in [5.41, 5.74) is 4.22. The van der Waals surface area contributed by atoms with E-state index in [2.05, 4.69) is 34.4 Å². The van der Waals surface area contributed by atoms with Crippen LogP contribution in [0.15, 0.2) is 37.0 Å². The van der Waals surface area contributed by atoms with E-state index in [1.165, 1.54) is 19.9 Å². The second kappa shape index (κ2) is 22.6. The molecule has 60 heavy (non-hydrogen) atoms. The highest BCUT2D eigenvalue weighted by molar-refractivity contribution is 8.13. The molecule has 1 saturated heterocycles. The number of unbranched alkanes of at least 4 members (excludes halogenated alkanes) is 1. The number of hydrogen-bond acceptors (Lipinski definition) is 19. The van der Waals surface area contributed by atoms with Gasteiger partial charge in [-0.15, -0.1) is 0 Å². The Balaban J connectivity index is 1.42. The number of hydrogen-bond donors (Lipinski definition) is 10. The number of aliphatic carboxylic acids is 1. The normalized spacial score (nSPS) is 21.2. The molecule has 0 saturated carbocycles. The van der Waals surface area contributed by atoms with E-state index in [9.17, 15) is 62.7 Å². The number of nitrogens with two attached hydrogens (primary N) is 1. The molecule has 0 aromatic carbocycles. The van der Waals surface area contributed by atoms with Gasteiger partial charge in [0.25, 0.3) is 0 Å². The highest BCUT2D eigenvalue weighted by atomic mass is 32.2. The summed E-state index contributed by atoms with van der Waals surface area (Å²) in [6.07, 6.45) is 0.163. The quantitative estimate of drug-likeness (QED) is 0.0272. The van der Waals surface area contributed by atoms with Gasteiger partial charge in [0.1, 0.15) is 36.3 Å². The van der Waals surface area contributed by atoms with Crippen LogP contribution >= 0.6 is 35.2 Å². The van der Waals surface area contributed by atoms with Crippen molar-refractivity contribution >= 4 is 75.1 Å². The maximum Gasteiger partial charge on any atom is 0.481 e. The van der Waals surface area contributed by atoms with E-state index in [4.69, 9.17) is 24.6 Å². The summed E-state index contributed by atoms with van der Waals surface area (Å²) in [7, 11) is -16.4. The molecule has 11 N–H and O–H groups in total. The molecule has 2 aromatic heterocycles. The lowest BCUT2D eigenvalue weighted by Crippen LogP contribution is -2.46. The van der Waals surface area contributed by atoms with Gasteiger partial charge in [-0.2, -0.15) is 4.31 Å². The number of aliphatic hydroxyl groups excluding tert-OH is 2. The van der Waals surface area contributed by atoms with Gasteiger partial charge in [-0.05, 0) is 12.8 Å². The molecule has 0 radical (unpaired) electrons. The Kier molecular flexibility index (Phi) is 19.1. The summed E-state index contributed by atoms with van der Waals surface area (Å²) in [6, 6.07) is 0. The highest BCUT2D eigenvalue weighted by Crippen LogP contribution is 2.61. The number of phosphoric ester groups is 3. The van der Waals surface area contributed by atoms with Crippen molar-refractivity contribution in [3.63, 3.8) is 0 Å². The van der Waals surface area contributed by atoms with Crippen molar-refractivity contribution in [2.75, 3.05) is 37.8 Å². The van der Waals surface area contributed by atoms with Crippen LogP contribution in [0.2, 0.25) is 0 Å². The lowest BCUT2D eigenvalue weighted by Gasteiger charge is -2.30. The molecule has 2 aromatic rings. The average Bonchev–Trinajstić information content (AvgIpc) is 3.70. The first kappa shape index (κ1) is 50.9. The maximum atomic E-state index is 12.7. The van der Waals surface area contributed by atoms with E-state index >= 15 is 0 Å². The number of anilines is 1. The summed E-state index contributed by atoms with van der Waals surface area (Å²) < 4.78 is 62.1. The van der Waals surface area contributed by atoms with Crippen molar-refractivity contribution in [1.29, 1.82) is 0 Å². The second-order valence-corrected chi connectivity index (χ2v) is 18.7. The first-order valence-electron chi connectivity index (χ1n) is 17.5. The molecular weight excluding hydrogens is 887 g/mol. The number of allylic oxidation sites excluding steroid dienone is 3. The lowest BCUT2D eigenvalue weighted by atomic mass is 9.87. The molecule has 7 unspecified atom stereocenters. The Morgan fingerprint density at radius 3 is 2.38 bits per heavy atom. The van der Waals surface area contributed by atoms with E-state index in [0.29, 0.717) is 12.8 Å². The van der Waals surface area contributed by atoms with Gasteiger partial charge >= 0.3 is 29.4 Å². The number of nitrogen functional groups attached to an aromatic ring is 1. The number of nitrogens with one attached hydrogen (secondary N) is 2. The molecule has 336 valence electrons. The van der Waals surface area contributed by atoms with Crippen LogP contribution in [0.1, 0.15) is 45.8 Å². The molecule has 3 heterocycles. The summed E-state index contributed by atoms with van der Waals surface area (Å²) in [4.78, 5) is 98.0. The molecule has 26 nitrogen and oxygen atoms in total. The van der Waals surface area contributed by atoms with Crippen LogP contribution in [0.3, 0.4) is 0 Å². The van der Waals surface area contributed by atoms with Crippen LogP contribution in [0.25, 0.3) is 11.2 Å². The number of ether oxygens (including phenoxy) is 1. The number of carboxylic acid groups (broad SMARTS) is 1. The third-order valence-electron chi connectivity index (χ3n) is 7.98. The summed E-state index contributed by atoms with van der Waals surface area (Å²) in [6.45, 7) is 0.337. The molecule has 30 heteroatoms. The number of aromatic nitrogens is 4. The van der Waals surface area contributed by atoms with Gasteiger partial charge in [-0.3, -0.25) is 32.5 Å². The van der Waals surface area contributed by atoms with Gasteiger partial charge in [0.15, 0.2) is 22.8 Å². The Bertz CT molecular complexity index is 2030. The van der Waals surface area contributed by atoms with Gasteiger partial charge in [0.2, 0.25) is 11.8 Å². The van der Waals surface area contributed by atoms with Gasteiger partial charge in [-0.1, -0.05) is 43.8 Å². The third-order valence-corrected chi connectivity index (χ3v) is 12.0. The van der Waals surface area contributed by atoms with Crippen LogP contribution < -0.4 is 16.4 Å². The minimum absolute atomic E-state index is 0.0216. The summed E-state index contributed by atoms with van der Waals surface area (Å²) in [5.74, 6) is -2.29. The third kappa shape index (κ3) is 16.8. The number of imidazole rings is 1. The molecule has 0 bridgehead atoms. The van der Waals surface area contributed by atoms with Crippen LogP contribution in [0.4, 0.5) is 5.82 Å². The van der Waals surface area contributed by atoms with Crippen molar-refractivity contribution < 1.29 is 90.4 Å². The van der Waals surface area contributed by atoms with Crippen molar-refractivity contribution in [2.45, 2.75) is 70.2 Å². The second-order valence-electron chi connectivity index (χ2n) is 13.3. The number of fused-ring (bicyclic) bond motifs is 1. The monoisotopic (exact) mass is 933 g/mol. The van der Waals surface area contributed by atoms with Gasteiger partial charge in [0, 0.05) is 43.2 Å². The fraction of sp³-hybridized carbons (Fsp3) is 0.567. The number of carbonyl (C=O) groups is 4. The van der Waals surface area contributed by atoms with Crippen LogP contribution in [0.5, 0.6) is 0 Å². The molecule has 3 rings (SSSR count). The van der Waals surface area contributed by atoms with Gasteiger partial charge < -0.3 is 56.0 Å². The number of aliphatic hydroxyl groups is 2. The number of thioether (sulfide) groups is 1. The van der Waals surface area contributed by atoms with Gasteiger partial charge in [-0.25, -0.2) is 33.4 Å². The minimum Gasteiger partial charge on any atom is -0.478 e. The number of carboxylic acids is 1. The highest BCUT2D eigenvalue weighted by Gasteiger charge is 2.50. The predicted octanol–water partition coefficient (Wildman–Crippen LogP) is 0.0320. The number of rotatable bonds is 25. The molecule has 1 aliphatic rings. The Labute approximate surface area is 345 Å².